The first kappa shape index (κ1) is 18.5. The number of aromatic nitrogens is 3. The summed E-state index contributed by atoms with van der Waals surface area (Å²) in [5.74, 6) is 1.41. The fourth-order valence-corrected chi connectivity index (χ4v) is 2.84. The summed E-state index contributed by atoms with van der Waals surface area (Å²) in [7, 11) is 0. The highest BCUT2D eigenvalue weighted by Crippen LogP contribution is 2.26. The summed E-state index contributed by atoms with van der Waals surface area (Å²) in [6.07, 6.45) is 0. The maximum atomic E-state index is 9.03. The number of rotatable bonds is 3. The molecule has 0 saturated carbocycles. The monoisotopic (exact) mass is 384 g/mol. The van der Waals surface area contributed by atoms with Gasteiger partial charge in [-0.1, -0.05) is 24.3 Å². The van der Waals surface area contributed by atoms with Crippen molar-refractivity contribution in [2.24, 2.45) is 0 Å². The van der Waals surface area contributed by atoms with Gasteiger partial charge in [0.1, 0.15) is 0 Å². The molecule has 0 atom stereocenters. The van der Waals surface area contributed by atoms with E-state index in [2.05, 4.69) is 31.9 Å². The van der Waals surface area contributed by atoms with Gasteiger partial charge in [-0.25, -0.2) is 19.8 Å². The van der Waals surface area contributed by atoms with Gasteiger partial charge in [-0.15, -0.1) is 0 Å². The van der Waals surface area contributed by atoms with Crippen LogP contribution in [0.1, 0.15) is 11.1 Å². The zero-order valence-electron chi connectivity index (χ0n) is 15.6. The van der Waals surface area contributed by atoms with Crippen LogP contribution in [0, 0.1) is 29.2 Å². The van der Waals surface area contributed by atoms with Crippen molar-refractivity contribution >= 4 is 5.69 Å². The van der Waals surface area contributed by atoms with Crippen molar-refractivity contribution in [2.75, 3.05) is 0 Å². The average Bonchev–Trinajstić information content (AvgIpc) is 2.84. The Morgan fingerprint density at radius 2 is 0.900 bits per heavy atom. The molecule has 0 aliphatic heterocycles. The Bertz CT molecular complexity index is 1150. The molecule has 0 bridgehead atoms. The molecule has 0 radical (unpaired) electrons. The minimum atomic E-state index is 0.470. The summed E-state index contributed by atoms with van der Waals surface area (Å²) in [5, 5.41) is 18.1. The number of hydrogen-bond donors (Lipinski definition) is 0. The molecule has 6 heteroatoms. The van der Waals surface area contributed by atoms with Crippen molar-refractivity contribution in [2.45, 2.75) is 0 Å². The molecule has 4 rings (SSSR count). The molecular weight excluding hydrogens is 372 g/mol. The predicted molar refractivity (Wildman–Crippen MR) is 112 cm³/mol. The van der Waals surface area contributed by atoms with Gasteiger partial charge in [-0.05, 0) is 48.5 Å². The van der Waals surface area contributed by atoms with Gasteiger partial charge in [0.25, 0.3) is 0 Å². The first-order valence-corrected chi connectivity index (χ1v) is 8.95. The second-order valence-corrected chi connectivity index (χ2v) is 6.34. The van der Waals surface area contributed by atoms with Crippen LogP contribution in [0.15, 0.2) is 72.8 Å². The first-order chi connectivity index (χ1) is 14.7. The van der Waals surface area contributed by atoms with E-state index in [0.29, 0.717) is 34.3 Å². The van der Waals surface area contributed by atoms with Gasteiger partial charge in [-0.2, -0.15) is 10.5 Å². The normalized spacial score (nSPS) is 9.90. The van der Waals surface area contributed by atoms with E-state index < -0.39 is 0 Å². The molecule has 0 amide bonds. The first-order valence-electron chi connectivity index (χ1n) is 8.95. The van der Waals surface area contributed by atoms with Crippen LogP contribution in [0.25, 0.3) is 39.0 Å². The van der Waals surface area contributed by atoms with E-state index in [1.54, 1.807) is 72.8 Å². The summed E-state index contributed by atoms with van der Waals surface area (Å²) in [4.78, 5) is 17.2. The third kappa shape index (κ3) is 3.73. The molecule has 0 unspecified atom stereocenters. The summed E-state index contributed by atoms with van der Waals surface area (Å²) in [6, 6.07) is 25.3. The smallest absolute Gasteiger partial charge is 0.187 e. The van der Waals surface area contributed by atoms with Crippen LogP contribution in [0.5, 0.6) is 0 Å². The van der Waals surface area contributed by atoms with Crippen LogP contribution in [-0.4, -0.2) is 15.0 Å². The zero-order chi connectivity index (χ0) is 20.9. The highest BCUT2D eigenvalue weighted by molar-refractivity contribution is 5.68. The maximum absolute atomic E-state index is 9.03. The third-order valence-corrected chi connectivity index (χ3v) is 4.43. The summed E-state index contributed by atoms with van der Waals surface area (Å²) in [5.41, 5.74) is 3.91. The van der Waals surface area contributed by atoms with Gasteiger partial charge in [-0.3, -0.25) is 0 Å². The molecule has 0 aliphatic carbocycles. The van der Waals surface area contributed by atoms with Crippen molar-refractivity contribution < 1.29 is 0 Å². The third-order valence-electron chi connectivity index (χ3n) is 4.43. The number of nitrogens with zero attached hydrogens (tertiary/aromatic N) is 6. The fraction of sp³-hybridized carbons (Fsp3) is 0. The molecule has 0 fully saturated rings. The second-order valence-electron chi connectivity index (χ2n) is 6.34. The molecule has 3 aromatic carbocycles. The molecule has 0 spiro atoms. The number of hydrogen-bond acceptors (Lipinski definition) is 5. The topological polar surface area (TPSA) is 90.6 Å². The summed E-state index contributed by atoms with van der Waals surface area (Å²) < 4.78 is 0. The number of nitriles is 2. The predicted octanol–water partition coefficient (Wildman–Crippen LogP) is 5.17. The molecule has 0 N–H and O–H groups in total. The van der Waals surface area contributed by atoms with Gasteiger partial charge in [0.2, 0.25) is 0 Å². The van der Waals surface area contributed by atoms with Gasteiger partial charge in [0.15, 0.2) is 23.2 Å². The molecule has 0 aliphatic rings. The van der Waals surface area contributed by atoms with Crippen molar-refractivity contribution in [3.63, 3.8) is 0 Å². The molecule has 1 heterocycles. The second kappa shape index (κ2) is 8.02. The summed E-state index contributed by atoms with van der Waals surface area (Å²) in [6.45, 7) is 7.12. The summed E-state index contributed by atoms with van der Waals surface area (Å²) >= 11 is 0. The largest absolute Gasteiger partial charge is 0.238 e. The van der Waals surface area contributed by atoms with E-state index in [1.165, 1.54) is 0 Å². The van der Waals surface area contributed by atoms with Crippen molar-refractivity contribution in [1.82, 2.24) is 15.0 Å². The standard InChI is InChI=1S/C24H12N6/c1-27-21-12-10-20(11-13-21)24-29-22(18-6-2-16(14-25)3-7-18)28-23(30-24)19-8-4-17(15-26)5-9-19/h2-13H. The van der Waals surface area contributed by atoms with Crippen LogP contribution in [0.4, 0.5) is 5.69 Å². The SMILES string of the molecule is [C-]#[N+]c1ccc(-c2nc(-c3ccc(C#N)cc3)nc(-c3ccc(C#N)cc3)n2)cc1. The van der Waals surface area contributed by atoms with Crippen molar-refractivity contribution in [1.29, 1.82) is 10.5 Å². The quantitative estimate of drug-likeness (QED) is 0.455. The van der Waals surface area contributed by atoms with E-state index in [4.69, 9.17) is 17.1 Å². The molecule has 30 heavy (non-hydrogen) atoms. The lowest BCUT2D eigenvalue weighted by atomic mass is 10.1. The maximum Gasteiger partial charge on any atom is 0.187 e. The van der Waals surface area contributed by atoms with Crippen LogP contribution in [-0.2, 0) is 0 Å². The highest BCUT2D eigenvalue weighted by Gasteiger charge is 2.12. The highest BCUT2D eigenvalue weighted by atomic mass is 15.0. The van der Waals surface area contributed by atoms with E-state index in [0.717, 1.165) is 16.7 Å². The lowest BCUT2D eigenvalue weighted by Crippen LogP contribution is -2.00. The lowest BCUT2D eigenvalue weighted by molar-refractivity contribution is 1.07. The van der Waals surface area contributed by atoms with E-state index in [1.807, 2.05) is 0 Å². The molecule has 4 aromatic rings. The Morgan fingerprint density at radius 1 is 0.567 bits per heavy atom. The Morgan fingerprint density at radius 3 is 1.20 bits per heavy atom. The van der Waals surface area contributed by atoms with Crippen LogP contribution >= 0.6 is 0 Å². The van der Waals surface area contributed by atoms with Crippen LogP contribution in [0.2, 0.25) is 0 Å². The molecule has 0 saturated heterocycles. The zero-order valence-corrected chi connectivity index (χ0v) is 15.6. The van der Waals surface area contributed by atoms with E-state index >= 15 is 0 Å². The van der Waals surface area contributed by atoms with Gasteiger partial charge >= 0.3 is 0 Å². The van der Waals surface area contributed by atoms with Gasteiger partial charge in [0.05, 0.1) is 29.8 Å². The van der Waals surface area contributed by atoms with E-state index in [9.17, 15) is 0 Å². The molecule has 1 aromatic heterocycles. The van der Waals surface area contributed by atoms with Crippen LogP contribution < -0.4 is 0 Å². The average molecular weight is 384 g/mol. The molecular formula is C24H12N6. The lowest BCUT2D eigenvalue weighted by Gasteiger charge is -2.08. The van der Waals surface area contributed by atoms with Crippen molar-refractivity contribution in [3.8, 4) is 46.3 Å². The molecule has 6 nitrogen and oxygen atoms in total. The Labute approximate surface area is 173 Å². The fourth-order valence-electron chi connectivity index (χ4n) is 2.84. The minimum absolute atomic E-state index is 0.470. The van der Waals surface area contributed by atoms with Gasteiger partial charge < -0.3 is 0 Å². The van der Waals surface area contributed by atoms with Crippen LogP contribution in [0.3, 0.4) is 0 Å². The van der Waals surface area contributed by atoms with Crippen molar-refractivity contribution in [3.05, 3.63) is 95.3 Å². The van der Waals surface area contributed by atoms with Gasteiger partial charge in [0, 0.05) is 16.7 Å². The Kier molecular flexibility index (Phi) is 4.95. The number of benzene rings is 3. The Balaban J connectivity index is 1.87. The Hall–Kier alpha value is -4.86. The molecule has 138 valence electrons. The minimum Gasteiger partial charge on any atom is -0.238 e. The van der Waals surface area contributed by atoms with E-state index in [-0.39, 0.29) is 0 Å².